The van der Waals surface area contributed by atoms with Crippen LogP contribution in [0.4, 0.5) is 0 Å². The monoisotopic (exact) mass is 238 g/mol. The van der Waals surface area contributed by atoms with Crippen LogP contribution in [0.25, 0.3) is 0 Å². The Morgan fingerprint density at radius 1 is 1.47 bits per heavy atom. The molecule has 1 aliphatic heterocycles. The molecule has 0 radical (unpaired) electrons. The number of hydrogen-bond acceptors (Lipinski definition) is 5. The molecule has 0 saturated carbocycles. The maximum Gasteiger partial charge on any atom is 0.321 e. The Balaban J connectivity index is 2.61. The van der Waals surface area contributed by atoms with Gasteiger partial charge in [-0.25, -0.2) is 8.42 Å². The SMILES string of the molecule is N[C@@H](CS(=O)(=O)N1CCOCC1)C(=O)O. The standard InChI is InChI=1S/C7H14N2O5S/c8-6(7(10)11)5-15(12,13)9-1-3-14-4-2-9/h6H,1-5,8H2,(H,10,11)/t6-/m0/s1. The van der Waals surface area contributed by atoms with Crippen LogP contribution in [0.2, 0.25) is 0 Å². The second-order valence-electron chi connectivity index (χ2n) is 3.23. The van der Waals surface area contributed by atoms with Gasteiger partial charge in [0.05, 0.1) is 19.0 Å². The Labute approximate surface area is 87.9 Å². The van der Waals surface area contributed by atoms with Gasteiger partial charge in [0.25, 0.3) is 0 Å². The largest absolute Gasteiger partial charge is 0.480 e. The molecule has 88 valence electrons. The Kier molecular flexibility index (Phi) is 4.03. The van der Waals surface area contributed by atoms with Gasteiger partial charge in [-0.3, -0.25) is 4.79 Å². The summed E-state index contributed by atoms with van der Waals surface area (Å²) in [6, 6.07) is -1.38. The number of nitrogens with zero attached hydrogens (tertiary/aromatic N) is 1. The molecule has 0 aromatic heterocycles. The van der Waals surface area contributed by atoms with Crippen molar-refractivity contribution in [2.24, 2.45) is 5.73 Å². The van der Waals surface area contributed by atoms with Crippen molar-refractivity contribution in [1.82, 2.24) is 4.31 Å². The van der Waals surface area contributed by atoms with Gasteiger partial charge in [0.1, 0.15) is 6.04 Å². The number of carbonyl (C=O) groups is 1. The van der Waals surface area contributed by atoms with Crippen LogP contribution in [-0.4, -0.2) is 61.9 Å². The molecule has 0 aromatic rings. The molecule has 1 fully saturated rings. The molecule has 1 saturated heterocycles. The normalized spacial score (nSPS) is 21.1. The number of sulfonamides is 1. The average molecular weight is 238 g/mol. The van der Waals surface area contributed by atoms with Crippen LogP contribution >= 0.6 is 0 Å². The molecule has 1 atom stereocenters. The molecule has 0 aliphatic carbocycles. The lowest BCUT2D eigenvalue weighted by atomic mass is 10.4. The smallest absolute Gasteiger partial charge is 0.321 e. The summed E-state index contributed by atoms with van der Waals surface area (Å²) < 4.78 is 29.5. The molecule has 15 heavy (non-hydrogen) atoms. The van der Waals surface area contributed by atoms with Crippen LogP contribution in [0.1, 0.15) is 0 Å². The number of ether oxygens (including phenoxy) is 1. The lowest BCUT2D eigenvalue weighted by Gasteiger charge is -2.26. The van der Waals surface area contributed by atoms with Gasteiger partial charge in [0, 0.05) is 13.1 Å². The van der Waals surface area contributed by atoms with Crippen LogP contribution in [0.15, 0.2) is 0 Å². The highest BCUT2D eigenvalue weighted by Gasteiger charge is 2.28. The summed E-state index contributed by atoms with van der Waals surface area (Å²) in [5.74, 6) is -1.88. The summed E-state index contributed by atoms with van der Waals surface area (Å²) in [4.78, 5) is 10.4. The third kappa shape index (κ3) is 3.42. The zero-order valence-electron chi connectivity index (χ0n) is 8.13. The molecule has 3 N–H and O–H groups in total. The molecule has 0 bridgehead atoms. The maximum atomic E-state index is 11.6. The minimum absolute atomic E-state index is 0.259. The lowest BCUT2D eigenvalue weighted by molar-refractivity contribution is -0.137. The van der Waals surface area contributed by atoms with Gasteiger partial charge >= 0.3 is 5.97 Å². The van der Waals surface area contributed by atoms with E-state index in [9.17, 15) is 13.2 Å². The number of morpholine rings is 1. The van der Waals surface area contributed by atoms with E-state index in [2.05, 4.69) is 0 Å². The number of nitrogens with two attached hydrogens (primary N) is 1. The molecule has 0 amide bonds. The van der Waals surface area contributed by atoms with Crippen molar-refractivity contribution < 1.29 is 23.1 Å². The van der Waals surface area contributed by atoms with Gasteiger partial charge < -0.3 is 15.6 Å². The topological polar surface area (TPSA) is 110 Å². The van der Waals surface area contributed by atoms with Gasteiger partial charge in [-0.2, -0.15) is 4.31 Å². The summed E-state index contributed by atoms with van der Waals surface area (Å²) in [5, 5.41) is 8.51. The summed E-state index contributed by atoms with van der Waals surface area (Å²) in [6.45, 7) is 1.19. The Bertz CT molecular complexity index is 322. The van der Waals surface area contributed by atoms with Crippen molar-refractivity contribution in [2.45, 2.75) is 6.04 Å². The third-order valence-corrected chi connectivity index (χ3v) is 4.00. The van der Waals surface area contributed by atoms with E-state index in [1.807, 2.05) is 0 Å². The number of carboxylic acids is 1. The van der Waals surface area contributed by atoms with Gasteiger partial charge in [0.15, 0.2) is 0 Å². The summed E-state index contributed by atoms with van der Waals surface area (Å²) in [7, 11) is -3.58. The van der Waals surface area contributed by atoms with Crippen molar-refractivity contribution in [3.05, 3.63) is 0 Å². The zero-order valence-corrected chi connectivity index (χ0v) is 8.94. The van der Waals surface area contributed by atoms with Crippen molar-refractivity contribution in [3.8, 4) is 0 Å². The van der Waals surface area contributed by atoms with Gasteiger partial charge in [-0.15, -0.1) is 0 Å². The summed E-state index contributed by atoms with van der Waals surface area (Å²) in [5.41, 5.74) is 5.17. The second kappa shape index (κ2) is 4.88. The number of hydrogen-bond donors (Lipinski definition) is 2. The molecule has 7 nitrogen and oxygen atoms in total. The average Bonchev–Trinajstić information content (AvgIpc) is 2.18. The second-order valence-corrected chi connectivity index (χ2v) is 5.25. The van der Waals surface area contributed by atoms with Crippen LogP contribution < -0.4 is 5.73 Å². The first-order valence-corrected chi connectivity index (χ1v) is 6.08. The van der Waals surface area contributed by atoms with E-state index < -0.39 is 27.8 Å². The number of aliphatic carboxylic acids is 1. The highest BCUT2D eigenvalue weighted by molar-refractivity contribution is 7.89. The maximum absolute atomic E-state index is 11.6. The lowest BCUT2D eigenvalue weighted by Crippen LogP contribution is -2.47. The molecule has 0 unspecified atom stereocenters. The van der Waals surface area contributed by atoms with Crippen LogP contribution in [-0.2, 0) is 19.6 Å². The molecular weight excluding hydrogens is 224 g/mol. The van der Waals surface area contributed by atoms with E-state index >= 15 is 0 Å². The van der Waals surface area contributed by atoms with E-state index in [1.165, 1.54) is 4.31 Å². The van der Waals surface area contributed by atoms with E-state index in [1.54, 1.807) is 0 Å². The zero-order chi connectivity index (χ0) is 11.5. The third-order valence-electron chi connectivity index (χ3n) is 2.07. The molecule has 8 heteroatoms. The molecule has 1 aliphatic rings. The molecule has 1 rings (SSSR count). The highest BCUT2D eigenvalue weighted by atomic mass is 32.2. The van der Waals surface area contributed by atoms with Crippen molar-refractivity contribution in [1.29, 1.82) is 0 Å². The molecular formula is C7H14N2O5S. The predicted octanol–water partition coefficient (Wildman–Crippen LogP) is -1.94. The van der Waals surface area contributed by atoms with Crippen molar-refractivity contribution >= 4 is 16.0 Å². The minimum Gasteiger partial charge on any atom is -0.480 e. The number of carboxylic acid groups (broad SMARTS) is 1. The molecule has 1 heterocycles. The fraction of sp³-hybridized carbons (Fsp3) is 0.857. The first-order valence-electron chi connectivity index (χ1n) is 4.47. The van der Waals surface area contributed by atoms with Gasteiger partial charge in [-0.05, 0) is 0 Å². The Morgan fingerprint density at radius 2 is 2.00 bits per heavy atom. The summed E-state index contributed by atoms with van der Waals surface area (Å²) >= 11 is 0. The molecule has 0 aromatic carbocycles. The first kappa shape index (κ1) is 12.4. The molecule has 0 spiro atoms. The Hall–Kier alpha value is -0.700. The minimum atomic E-state index is -3.58. The first-order chi connectivity index (χ1) is 6.93. The van der Waals surface area contributed by atoms with Crippen molar-refractivity contribution in [2.75, 3.05) is 32.1 Å². The number of rotatable bonds is 4. The van der Waals surface area contributed by atoms with Gasteiger partial charge in [-0.1, -0.05) is 0 Å². The summed E-state index contributed by atoms with van der Waals surface area (Å²) in [6.07, 6.45) is 0. The van der Waals surface area contributed by atoms with Crippen LogP contribution in [0.3, 0.4) is 0 Å². The van der Waals surface area contributed by atoms with E-state index in [0.717, 1.165) is 0 Å². The van der Waals surface area contributed by atoms with E-state index in [0.29, 0.717) is 13.2 Å². The van der Waals surface area contributed by atoms with Crippen LogP contribution in [0, 0.1) is 0 Å². The quantitative estimate of drug-likeness (QED) is 0.589. The fourth-order valence-corrected chi connectivity index (χ4v) is 2.74. The van der Waals surface area contributed by atoms with Crippen molar-refractivity contribution in [3.63, 3.8) is 0 Å². The van der Waals surface area contributed by atoms with Gasteiger partial charge in [0.2, 0.25) is 10.0 Å². The highest BCUT2D eigenvalue weighted by Crippen LogP contribution is 2.06. The predicted molar refractivity (Wildman–Crippen MR) is 51.8 cm³/mol. The Morgan fingerprint density at radius 3 is 2.47 bits per heavy atom. The van der Waals surface area contributed by atoms with E-state index in [-0.39, 0.29) is 13.1 Å². The fourth-order valence-electron chi connectivity index (χ4n) is 1.23. The van der Waals surface area contributed by atoms with Crippen LogP contribution in [0.5, 0.6) is 0 Å². The van der Waals surface area contributed by atoms with E-state index in [4.69, 9.17) is 15.6 Å².